The summed E-state index contributed by atoms with van der Waals surface area (Å²) < 4.78 is 0. The van der Waals surface area contributed by atoms with Gasteiger partial charge in [-0.3, -0.25) is 0 Å². The van der Waals surface area contributed by atoms with Crippen LogP contribution >= 0.6 is 11.6 Å². The zero-order chi connectivity index (χ0) is 15.6. The van der Waals surface area contributed by atoms with E-state index in [0.29, 0.717) is 11.8 Å². The van der Waals surface area contributed by atoms with Crippen LogP contribution in [-0.2, 0) is 0 Å². The van der Waals surface area contributed by atoms with Crippen LogP contribution in [0.5, 0.6) is 0 Å². The average Bonchev–Trinajstić information content (AvgIpc) is 2.62. The predicted molar refractivity (Wildman–Crippen MR) is 99.4 cm³/mol. The molecule has 0 radical (unpaired) electrons. The molecule has 1 heteroatoms. The van der Waals surface area contributed by atoms with E-state index in [-0.39, 0.29) is 0 Å². The van der Waals surface area contributed by atoms with Gasteiger partial charge in [-0.15, -0.1) is 0 Å². The minimum absolute atomic E-state index is 0.693. The molecule has 0 saturated heterocycles. The zero-order valence-corrected chi connectivity index (χ0v) is 14.0. The van der Waals surface area contributed by atoms with Crippen LogP contribution in [0.3, 0.4) is 0 Å². The fraction of sp³-hybridized carbons (Fsp3) is 0.273. The lowest BCUT2D eigenvalue weighted by Gasteiger charge is -2.30. The zero-order valence-electron chi connectivity index (χ0n) is 13.2. The highest BCUT2D eigenvalue weighted by molar-refractivity contribution is 6.30. The average molecular weight is 321 g/mol. The number of rotatable bonds is 2. The second-order valence-electron chi connectivity index (χ2n) is 6.67. The van der Waals surface area contributed by atoms with Gasteiger partial charge in [0.05, 0.1) is 0 Å². The van der Waals surface area contributed by atoms with Crippen molar-refractivity contribution >= 4 is 22.4 Å². The highest BCUT2D eigenvalue weighted by Crippen LogP contribution is 2.42. The third-order valence-electron chi connectivity index (χ3n) is 5.33. The molecule has 0 aliphatic heterocycles. The minimum atomic E-state index is 0.693. The Hall–Kier alpha value is -1.79. The van der Waals surface area contributed by atoms with E-state index in [4.69, 9.17) is 11.6 Å². The lowest BCUT2D eigenvalue weighted by molar-refractivity contribution is 0.398. The Kier molecular flexibility index (Phi) is 4.10. The molecule has 3 aromatic rings. The molecule has 1 aliphatic rings. The molecule has 0 unspecified atom stereocenters. The minimum Gasteiger partial charge on any atom is -0.0843 e. The van der Waals surface area contributed by atoms with Gasteiger partial charge < -0.3 is 0 Å². The molecular weight excluding hydrogens is 300 g/mol. The molecule has 1 aliphatic carbocycles. The van der Waals surface area contributed by atoms with Crippen LogP contribution in [0.4, 0.5) is 0 Å². The molecule has 0 bridgehead atoms. The van der Waals surface area contributed by atoms with E-state index in [1.807, 2.05) is 12.1 Å². The molecule has 116 valence electrons. The largest absolute Gasteiger partial charge is 0.0843 e. The van der Waals surface area contributed by atoms with Crippen LogP contribution in [0.15, 0.2) is 66.7 Å². The molecule has 4 rings (SSSR count). The lowest BCUT2D eigenvalue weighted by Crippen LogP contribution is -2.12. The van der Waals surface area contributed by atoms with Crippen molar-refractivity contribution in [3.05, 3.63) is 82.9 Å². The van der Waals surface area contributed by atoms with Crippen LogP contribution in [0.2, 0.25) is 5.02 Å². The third-order valence-corrected chi connectivity index (χ3v) is 5.58. The third kappa shape index (κ3) is 3.01. The number of benzene rings is 3. The van der Waals surface area contributed by atoms with E-state index >= 15 is 0 Å². The van der Waals surface area contributed by atoms with Gasteiger partial charge in [-0.2, -0.15) is 0 Å². The Balaban J connectivity index is 1.54. The van der Waals surface area contributed by atoms with Crippen molar-refractivity contribution < 1.29 is 0 Å². The van der Waals surface area contributed by atoms with Gasteiger partial charge in [-0.25, -0.2) is 0 Å². The van der Waals surface area contributed by atoms with Crippen LogP contribution in [0, 0.1) is 0 Å². The molecular formula is C22H21Cl. The standard InChI is InChI=1S/C22H21Cl/c23-20-14-12-17(13-15-20)16-8-10-19(11-9-16)22-7-3-5-18-4-1-2-6-21(18)22/h1-7,12-16,19H,8-11H2. The van der Waals surface area contributed by atoms with Crippen molar-refractivity contribution in [3.8, 4) is 0 Å². The van der Waals surface area contributed by atoms with E-state index in [9.17, 15) is 0 Å². The molecule has 0 nitrogen and oxygen atoms in total. The molecule has 0 heterocycles. The quantitative estimate of drug-likeness (QED) is 0.480. The van der Waals surface area contributed by atoms with E-state index < -0.39 is 0 Å². The second-order valence-corrected chi connectivity index (χ2v) is 7.10. The molecule has 3 aromatic carbocycles. The summed E-state index contributed by atoms with van der Waals surface area (Å²) in [5, 5.41) is 3.63. The van der Waals surface area contributed by atoms with Crippen LogP contribution < -0.4 is 0 Å². The van der Waals surface area contributed by atoms with Crippen molar-refractivity contribution in [1.82, 2.24) is 0 Å². The Labute approximate surface area is 143 Å². The summed E-state index contributed by atoms with van der Waals surface area (Å²) in [6.45, 7) is 0. The van der Waals surface area contributed by atoms with E-state index in [0.717, 1.165) is 5.02 Å². The Morgan fingerprint density at radius 2 is 1.30 bits per heavy atom. The van der Waals surface area contributed by atoms with E-state index in [1.54, 1.807) is 0 Å². The fourth-order valence-electron chi connectivity index (χ4n) is 4.08. The van der Waals surface area contributed by atoms with E-state index in [2.05, 4.69) is 54.6 Å². The van der Waals surface area contributed by atoms with Crippen LogP contribution in [-0.4, -0.2) is 0 Å². The molecule has 23 heavy (non-hydrogen) atoms. The molecule has 0 atom stereocenters. The predicted octanol–water partition coefficient (Wildman–Crippen LogP) is 6.93. The summed E-state index contributed by atoms with van der Waals surface area (Å²) in [5.41, 5.74) is 2.99. The first-order valence-electron chi connectivity index (χ1n) is 8.54. The van der Waals surface area contributed by atoms with Gasteiger partial charge in [0.15, 0.2) is 0 Å². The number of hydrogen-bond acceptors (Lipinski definition) is 0. The summed E-state index contributed by atoms with van der Waals surface area (Å²) in [4.78, 5) is 0. The van der Waals surface area contributed by atoms with Gasteiger partial charge in [-0.1, -0.05) is 66.2 Å². The maximum atomic E-state index is 6.01. The van der Waals surface area contributed by atoms with Gasteiger partial charge in [0, 0.05) is 5.02 Å². The first-order chi connectivity index (χ1) is 11.3. The van der Waals surface area contributed by atoms with Crippen molar-refractivity contribution in [2.75, 3.05) is 0 Å². The molecule has 0 aromatic heterocycles. The van der Waals surface area contributed by atoms with Crippen LogP contribution in [0.25, 0.3) is 10.8 Å². The van der Waals surface area contributed by atoms with Crippen molar-refractivity contribution in [2.24, 2.45) is 0 Å². The molecule has 1 saturated carbocycles. The highest BCUT2D eigenvalue weighted by atomic mass is 35.5. The van der Waals surface area contributed by atoms with Gasteiger partial charge in [0.25, 0.3) is 0 Å². The number of fused-ring (bicyclic) bond motifs is 1. The Bertz CT molecular complexity index is 790. The first kappa shape index (κ1) is 14.8. The SMILES string of the molecule is Clc1ccc(C2CCC(c3cccc4ccccc34)CC2)cc1. The smallest absolute Gasteiger partial charge is 0.0406 e. The second kappa shape index (κ2) is 6.37. The molecule has 0 N–H and O–H groups in total. The summed E-state index contributed by atoms with van der Waals surface area (Å²) >= 11 is 6.01. The normalized spacial score (nSPS) is 21.4. The fourth-order valence-corrected chi connectivity index (χ4v) is 4.21. The van der Waals surface area contributed by atoms with Crippen molar-refractivity contribution in [1.29, 1.82) is 0 Å². The monoisotopic (exact) mass is 320 g/mol. The van der Waals surface area contributed by atoms with E-state index in [1.165, 1.54) is 47.6 Å². The summed E-state index contributed by atoms with van der Waals surface area (Å²) in [6.07, 6.45) is 5.10. The van der Waals surface area contributed by atoms with Gasteiger partial charge in [0.1, 0.15) is 0 Å². The Morgan fingerprint density at radius 1 is 0.652 bits per heavy atom. The van der Waals surface area contributed by atoms with Gasteiger partial charge in [-0.05, 0) is 71.6 Å². The van der Waals surface area contributed by atoms with Gasteiger partial charge in [0.2, 0.25) is 0 Å². The highest BCUT2D eigenvalue weighted by Gasteiger charge is 2.24. The van der Waals surface area contributed by atoms with Gasteiger partial charge >= 0.3 is 0 Å². The topological polar surface area (TPSA) is 0 Å². The maximum absolute atomic E-state index is 6.01. The summed E-state index contributed by atoms with van der Waals surface area (Å²) in [6, 6.07) is 24.0. The lowest BCUT2D eigenvalue weighted by atomic mass is 9.75. The number of halogens is 1. The maximum Gasteiger partial charge on any atom is 0.0406 e. The summed E-state index contributed by atoms with van der Waals surface area (Å²) in [7, 11) is 0. The first-order valence-corrected chi connectivity index (χ1v) is 8.92. The van der Waals surface area contributed by atoms with Crippen LogP contribution in [0.1, 0.15) is 48.6 Å². The molecule has 1 fully saturated rings. The Morgan fingerprint density at radius 3 is 2.09 bits per heavy atom. The molecule has 0 amide bonds. The van der Waals surface area contributed by atoms with Crippen molar-refractivity contribution in [3.63, 3.8) is 0 Å². The molecule has 0 spiro atoms. The van der Waals surface area contributed by atoms with Crippen molar-refractivity contribution in [2.45, 2.75) is 37.5 Å². The summed E-state index contributed by atoms with van der Waals surface area (Å²) in [5.74, 6) is 1.39. The number of hydrogen-bond donors (Lipinski definition) is 0.